The van der Waals surface area contributed by atoms with Crippen LogP contribution < -0.4 is 14.8 Å². The zero-order chi connectivity index (χ0) is 23.7. The van der Waals surface area contributed by atoms with Crippen LogP contribution in [0.15, 0.2) is 42.5 Å². The molecular formula is C26H30Cl2N2O4. The van der Waals surface area contributed by atoms with Crippen molar-refractivity contribution < 1.29 is 19.4 Å². The molecule has 1 amide bonds. The number of hydrogen-bond donors (Lipinski definition) is 2. The molecule has 2 fully saturated rings. The number of fused-ring (bicyclic) bond motifs is 3. The Labute approximate surface area is 210 Å². The molecule has 2 bridgehead atoms. The highest BCUT2D eigenvalue weighted by atomic mass is 35.5. The largest absolute Gasteiger partial charge is 0.494 e. The van der Waals surface area contributed by atoms with Crippen molar-refractivity contribution in [1.29, 1.82) is 0 Å². The number of rotatable bonds is 7. The summed E-state index contributed by atoms with van der Waals surface area (Å²) in [6.07, 6.45) is 3.98. The zero-order valence-corrected chi connectivity index (χ0v) is 20.5. The van der Waals surface area contributed by atoms with E-state index in [0.717, 1.165) is 31.6 Å². The van der Waals surface area contributed by atoms with Crippen LogP contribution in [0.5, 0.6) is 11.5 Å². The van der Waals surface area contributed by atoms with Crippen molar-refractivity contribution in [3.8, 4) is 11.5 Å². The van der Waals surface area contributed by atoms with Gasteiger partial charge in [-0.1, -0.05) is 23.2 Å². The van der Waals surface area contributed by atoms with Crippen LogP contribution in [-0.2, 0) is 4.79 Å². The molecule has 2 saturated heterocycles. The molecule has 1 unspecified atom stereocenters. The van der Waals surface area contributed by atoms with Crippen LogP contribution in [-0.4, -0.2) is 53.3 Å². The third-order valence-corrected chi connectivity index (χ3v) is 7.69. The normalized spacial score (nSPS) is 28.1. The number of carbonyl (C=O) groups is 1. The number of piperidine rings is 1. The van der Waals surface area contributed by atoms with Gasteiger partial charge in [-0.25, -0.2) is 0 Å². The van der Waals surface area contributed by atoms with E-state index in [2.05, 4.69) is 10.2 Å². The Morgan fingerprint density at radius 3 is 2.50 bits per heavy atom. The fraction of sp³-hybridized carbons (Fsp3) is 0.500. The van der Waals surface area contributed by atoms with Gasteiger partial charge in [0.05, 0.1) is 12.7 Å². The Kier molecular flexibility index (Phi) is 7.21. The van der Waals surface area contributed by atoms with E-state index in [1.807, 2.05) is 24.3 Å². The Bertz CT molecular complexity index is 1000. The smallest absolute Gasteiger partial charge is 0.261 e. The summed E-state index contributed by atoms with van der Waals surface area (Å²) in [4.78, 5) is 15.6. The number of ether oxygens (including phenoxy) is 2. The lowest BCUT2D eigenvalue weighted by atomic mass is 9.95. The minimum absolute atomic E-state index is 0.138. The average Bonchev–Trinajstić information content (AvgIpc) is 3.06. The quantitative estimate of drug-likeness (QED) is 0.532. The molecule has 8 heteroatoms. The lowest BCUT2D eigenvalue weighted by molar-refractivity contribution is -0.131. The standard InChI is InChI=1S/C26H30Cl2N2O4/c27-16-2-7-21(8-3-16)33-11-1-10-30-19-5-6-20(30)14-18(13-19)29-26(32)25-15-23(31)22-12-17(28)4-9-24(22)34-25/h2-4,7-9,12,18-20,23,25,31H,1,5-6,10-11,13-15H2,(H,29,32)/t18?,19-,20+,23-,25-/m1/s1. The molecule has 182 valence electrons. The number of nitrogens with one attached hydrogen (secondary N) is 1. The second-order valence-corrected chi connectivity index (χ2v) is 10.4. The molecule has 2 aromatic rings. The van der Waals surface area contributed by atoms with Crippen LogP contribution >= 0.6 is 23.2 Å². The average molecular weight is 505 g/mol. The fourth-order valence-electron chi connectivity index (χ4n) is 5.60. The summed E-state index contributed by atoms with van der Waals surface area (Å²) in [5.41, 5.74) is 0.642. The monoisotopic (exact) mass is 504 g/mol. The molecule has 0 radical (unpaired) electrons. The van der Waals surface area contributed by atoms with E-state index >= 15 is 0 Å². The first kappa shape index (κ1) is 23.7. The Morgan fingerprint density at radius 2 is 1.76 bits per heavy atom. The van der Waals surface area contributed by atoms with Gasteiger partial charge in [0.2, 0.25) is 0 Å². The molecule has 0 aromatic heterocycles. The highest BCUT2D eigenvalue weighted by Gasteiger charge is 2.41. The number of carbonyl (C=O) groups excluding carboxylic acids is 1. The zero-order valence-electron chi connectivity index (χ0n) is 19.0. The molecule has 6 nitrogen and oxygen atoms in total. The molecule has 0 aliphatic carbocycles. The number of hydrogen-bond acceptors (Lipinski definition) is 5. The van der Waals surface area contributed by atoms with Gasteiger partial charge in [0, 0.05) is 46.7 Å². The van der Waals surface area contributed by atoms with E-state index < -0.39 is 12.2 Å². The molecule has 5 rings (SSSR count). The molecule has 0 spiro atoms. The van der Waals surface area contributed by atoms with Gasteiger partial charge < -0.3 is 19.9 Å². The summed E-state index contributed by atoms with van der Waals surface area (Å²) >= 11 is 11.9. The van der Waals surface area contributed by atoms with Crippen molar-refractivity contribution in [1.82, 2.24) is 10.2 Å². The number of benzene rings is 2. The summed E-state index contributed by atoms with van der Waals surface area (Å²) in [5, 5.41) is 14.9. The van der Waals surface area contributed by atoms with Crippen LogP contribution in [0.4, 0.5) is 0 Å². The van der Waals surface area contributed by atoms with Gasteiger partial charge in [-0.3, -0.25) is 9.69 Å². The third-order valence-electron chi connectivity index (χ3n) is 7.20. The molecule has 3 heterocycles. The van der Waals surface area contributed by atoms with Gasteiger partial charge in [-0.15, -0.1) is 0 Å². The summed E-state index contributed by atoms with van der Waals surface area (Å²) in [6, 6.07) is 13.7. The lowest BCUT2D eigenvalue weighted by Gasteiger charge is -2.40. The third kappa shape index (κ3) is 5.30. The SMILES string of the molecule is O=C(NC1C[C@H]2CC[C@@H](C1)N2CCCOc1ccc(Cl)cc1)[C@H]1C[C@@H](O)c2cc(Cl)ccc2O1. The van der Waals surface area contributed by atoms with Crippen LogP contribution in [0.1, 0.15) is 50.2 Å². The Hall–Kier alpha value is -1.99. The first-order chi connectivity index (χ1) is 16.5. The Balaban J connectivity index is 1.09. The molecular weight excluding hydrogens is 475 g/mol. The van der Waals surface area contributed by atoms with Gasteiger partial charge in [0.1, 0.15) is 11.5 Å². The maximum atomic E-state index is 13.0. The summed E-state index contributed by atoms with van der Waals surface area (Å²) in [5.74, 6) is 1.22. The van der Waals surface area contributed by atoms with Gasteiger partial charge in [0.25, 0.3) is 5.91 Å². The summed E-state index contributed by atoms with van der Waals surface area (Å²) < 4.78 is 11.7. The number of halogens is 2. The minimum Gasteiger partial charge on any atom is -0.494 e. The van der Waals surface area contributed by atoms with E-state index in [0.29, 0.717) is 40.0 Å². The molecule has 2 N–H and O–H groups in total. The van der Waals surface area contributed by atoms with Gasteiger partial charge >= 0.3 is 0 Å². The minimum atomic E-state index is -0.758. The molecule has 3 aliphatic rings. The van der Waals surface area contributed by atoms with E-state index in [9.17, 15) is 9.90 Å². The van der Waals surface area contributed by atoms with Crippen molar-refractivity contribution in [3.63, 3.8) is 0 Å². The summed E-state index contributed by atoms with van der Waals surface area (Å²) in [7, 11) is 0. The topological polar surface area (TPSA) is 71.0 Å². The van der Waals surface area contributed by atoms with Crippen molar-refractivity contribution in [2.45, 2.75) is 68.9 Å². The predicted molar refractivity (Wildman–Crippen MR) is 132 cm³/mol. The lowest BCUT2D eigenvalue weighted by Crippen LogP contribution is -2.53. The Morgan fingerprint density at radius 1 is 1.06 bits per heavy atom. The predicted octanol–water partition coefficient (Wildman–Crippen LogP) is 4.76. The van der Waals surface area contributed by atoms with Crippen molar-refractivity contribution >= 4 is 29.1 Å². The van der Waals surface area contributed by atoms with Crippen LogP contribution in [0, 0.1) is 0 Å². The number of nitrogens with zero attached hydrogens (tertiary/aromatic N) is 1. The number of aliphatic hydroxyl groups excluding tert-OH is 1. The second kappa shape index (κ2) is 10.3. The highest BCUT2D eigenvalue weighted by molar-refractivity contribution is 6.30. The van der Waals surface area contributed by atoms with Crippen molar-refractivity contribution in [3.05, 3.63) is 58.1 Å². The number of aliphatic hydroxyl groups is 1. The van der Waals surface area contributed by atoms with Crippen LogP contribution in [0.2, 0.25) is 10.0 Å². The van der Waals surface area contributed by atoms with E-state index in [4.69, 9.17) is 32.7 Å². The van der Waals surface area contributed by atoms with E-state index in [1.54, 1.807) is 18.2 Å². The van der Waals surface area contributed by atoms with Crippen molar-refractivity contribution in [2.75, 3.05) is 13.2 Å². The second-order valence-electron chi connectivity index (χ2n) is 9.50. The fourth-order valence-corrected chi connectivity index (χ4v) is 5.90. The van der Waals surface area contributed by atoms with Crippen LogP contribution in [0.3, 0.4) is 0 Å². The highest BCUT2D eigenvalue weighted by Crippen LogP contribution is 2.38. The van der Waals surface area contributed by atoms with Gasteiger partial charge in [-0.05, 0) is 74.6 Å². The first-order valence-corrected chi connectivity index (χ1v) is 12.8. The van der Waals surface area contributed by atoms with Gasteiger partial charge in [0.15, 0.2) is 6.10 Å². The molecule has 2 aromatic carbocycles. The molecule has 0 saturated carbocycles. The molecule has 3 aliphatic heterocycles. The molecule has 34 heavy (non-hydrogen) atoms. The van der Waals surface area contributed by atoms with E-state index in [1.165, 1.54) is 12.8 Å². The maximum Gasteiger partial charge on any atom is 0.261 e. The summed E-state index contributed by atoms with van der Waals surface area (Å²) in [6.45, 7) is 1.67. The van der Waals surface area contributed by atoms with E-state index in [-0.39, 0.29) is 18.4 Å². The number of amides is 1. The van der Waals surface area contributed by atoms with Crippen LogP contribution in [0.25, 0.3) is 0 Å². The van der Waals surface area contributed by atoms with Gasteiger partial charge in [-0.2, -0.15) is 0 Å². The first-order valence-electron chi connectivity index (χ1n) is 12.0. The maximum absolute atomic E-state index is 13.0. The molecule has 5 atom stereocenters. The van der Waals surface area contributed by atoms with Crippen molar-refractivity contribution in [2.24, 2.45) is 0 Å².